The number of nitriles is 1. The predicted octanol–water partition coefficient (Wildman–Crippen LogP) is 1.89. The Kier molecular flexibility index (Phi) is 4.89. The SMILES string of the molecule is CC1CCN(Cc2cccnc2)CC(CC#N)N1C. The van der Waals surface area contributed by atoms with Crippen LogP contribution in [0.4, 0.5) is 0 Å². The molecule has 4 heteroatoms. The number of likely N-dealkylation sites (N-methyl/N-ethyl adjacent to an activating group) is 1. The lowest BCUT2D eigenvalue weighted by atomic mass is 10.1. The van der Waals surface area contributed by atoms with Crippen molar-refractivity contribution in [2.24, 2.45) is 0 Å². The van der Waals surface area contributed by atoms with Gasteiger partial charge in [-0.25, -0.2) is 0 Å². The monoisotopic (exact) mass is 258 g/mol. The maximum absolute atomic E-state index is 8.99. The zero-order chi connectivity index (χ0) is 13.7. The highest BCUT2D eigenvalue weighted by Crippen LogP contribution is 2.18. The number of rotatable bonds is 3. The van der Waals surface area contributed by atoms with Crippen molar-refractivity contribution < 1.29 is 0 Å². The van der Waals surface area contributed by atoms with E-state index in [1.807, 2.05) is 12.3 Å². The Morgan fingerprint density at radius 1 is 1.53 bits per heavy atom. The molecule has 0 aliphatic carbocycles. The maximum atomic E-state index is 8.99. The maximum Gasteiger partial charge on any atom is 0.0638 e. The van der Waals surface area contributed by atoms with Gasteiger partial charge < -0.3 is 0 Å². The average molecular weight is 258 g/mol. The van der Waals surface area contributed by atoms with Crippen LogP contribution in [0.2, 0.25) is 0 Å². The first-order valence-electron chi connectivity index (χ1n) is 6.91. The van der Waals surface area contributed by atoms with Crippen molar-refractivity contribution in [3.8, 4) is 6.07 Å². The van der Waals surface area contributed by atoms with Gasteiger partial charge in [-0.05, 0) is 32.0 Å². The second-order valence-electron chi connectivity index (χ2n) is 5.42. The summed E-state index contributed by atoms with van der Waals surface area (Å²) in [5.74, 6) is 0. The Labute approximate surface area is 115 Å². The number of nitrogens with zero attached hydrogens (tertiary/aromatic N) is 4. The summed E-state index contributed by atoms with van der Waals surface area (Å²) in [6, 6.07) is 7.29. The minimum Gasteiger partial charge on any atom is -0.298 e. The van der Waals surface area contributed by atoms with Crippen LogP contribution in [0.1, 0.15) is 25.3 Å². The molecule has 1 aromatic heterocycles. The molecule has 1 saturated heterocycles. The average Bonchev–Trinajstić information content (AvgIpc) is 2.55. The van der Waals surface area contributed by atoms with Crippen LogP contribution in [-0.2, 0) is 6.54 Å². The van der Waals surface area contributed by atoms with E-state index in [9.17, 15) is 0 Å². The van der Waals surface area contributed by atoms with Gasteiger partial charge in [0.05, 0.1) is 12.5 Å². The van der Waals surface area contributed by atoms with Gasteiger partial charge in [0, 0.05) is 44.1 Å². The van der Waals surface area contributed by atoms with Gasteiger partial charge in [-0.1, -0.05) is 6.07 Å². The van der Waals surface area contributed by atoms with Crippen LogP contribution in [0.5, 0.6) is 0 Å². The molecule has 0 bridgehead atoms. The quantitative estimate of drug-likeness (QED) is 0.830. The third-order valence-electron chi connectivity index (χ3n) is 4.06. The summed E-state index contributed by atoms with van der Waals surface area (Å²) in [5.41, 5.74) is 1.25. The minimum absolute atomic E-state index is 0.333. The third kappa shape index (κ3) is 3.76. The lowest BCUT2D eigenvalue weighted by Crippen LogP contribution is -2.41. The van der Waals surface area contributed by atoms with Crippen molar-refractivity contribution in [3.05, 3.63) is 30.1 Å². The predicted molar refractivity (Wildman–Crippen MR) is 75.4 cm³/mol. The summed E-state index contributed by atoms with van der Waals surface area (Å²) in [4.78, 5) is 8.97. The van der Waals surface area contributed by atoms with E-state index in [1.54, 1.807) is 6.20 Å². The Balaban J connectivity index is 2.03. The van der Waals surface area contributed by atoms with Crippen molar-refractivity contribution in [1.29, 1.82) is 5.26 Å². The number of hydrogen-bond donors (Lipinski definition) is 0. The summed E-state index contributed by atoms with van der Waals surface area (Å²) >= 11 is 0. The van der Waals surface area contributed by atoms with Gasteiger partial charge in [0.1, 0.15) is 0 Å². The van der Waals surface area contributed by atoms with Gasteiger partial charge in [-0.2, -0.15) is 5.26 Å². The summed E-state index contributed by atoms with van der Waals surface area (Å²) < 4.78 is 0. The number of pyridine rings is 1. The first-order chi connectivity index (χ1) is 9.20. The molecule has 2 atom stereocenters. The van der Waals surface area contributed by atoms with Crippen LogP contribution in [0.15, 0.2) is 24.5 Å². The van der Waals surface area contributed by atoms with Crippen molar-refractivity contribution in [1.82, 2.24) is 14.8 Å². The molecule has 2 unspecified atom stereocenters. The third-order valence-corrected chi connectivity index (χ3v) is 4.06. The molecule has 0 saturated carbocycles. The molecular weight excluding hydrogens is 236 g/mol. The van der Waals surface area contributed by atoms with Crippen molar-refractivity contribution >= 4 is 0 Å². The molecule has 19 heavy (non-hydrogen) atoms. The van der Waals surface area contributed by atoms with Crippen LogP contribution in [-0.4, -0.2) is 47.0 Å². The summed E-state index contributed by atoms with van der Waals surface area (Å²) in [6.07, 6.45) is 5.49. The van der Waals surface area contributed by atoms with E-state index in [0.717, 1.165) is 26.1 Å². The van der Waals surface area contributed by atoms with Crippen LogP contribution in [0, 0.1) is 11.3 Å². The molecule has 1 aromatic rings. The highest BCUT2D eigenvalue weighted by molar-refractivity contribution is 5.08. The molecule has 0 aromatic carbocycles. The van der Waals surface area contributed by atoms with E-state index in [2.05, 4.69) is 40.9 Å². The van der Waals surface area contributed by atoms with Crippen molar-refractivity contribution in [3.63, 3.8) is 0 Å². The van der Waals surface area contributed by atoms with Crippen LogP contribution in [0.25, 0.3) is 0 Å². The molecule has 2 rings (SSSR count). The van der Waals surface area contributed by atoms with E-state index in [0.29, 0.717) is 18.5 Å². The smallest absolute Gasteiger partial charge is 0.0638 e. The highest BCUT2D eigenvalue weighted by atomic mass is 15.2. The fourth-order valence-corrected chi connectivity index (χ4v) is 2.66. The van der Waals surface area contributed by atoms with Crippen LogP contribution >= 0.6 is 0 Å². The highest BCUT2D eigenvalue weighted by Gasteiger charge is 2.26. The Hall–Kier alpha value is -1.44. The lowest BCUT2D eigenvalue weighted by molar-refractivity contribution is 0.176. The molecule has 0 N–H and O–H groups in total. The second-order valence-corrected chi connectivity index (χ2v) is 5.42. The largest absolute Gasteiger partial charge is 0.298 e. The van der Waals surface area contributed by atoms with Crippen molar-refractivity contribution in [2.75, 3.05) is 20.1 Å². The van der Waals surface area contributed by atoms with E-state index in [-0.39, 0.29) is 0 Å². The molecule has 1 aliphatic heterocycles. The Morgan fingerprint density at radius 2 is 2.37 bits per heavy atom. The summed E-state index contributed by atoms with van der Waals surface area (Å²) in [6.45, 7) is 5.22. The summed E-state index contributed by atoms with van der Waals surface area (Å²) in [7, 11) is 2.14. The van der Waals surface area contributed by atoms with Gasteiger partial charge in [0.2, 0.25) is 0 Å². The standard InChI is InChI=1S/C15H22N4/c1-13-6-9-19(11-14-4-3-8-17-10-14)12-15(5-7-16)18(13)2/h3-4,8,10,13,15H,5-6,9,11-12H2,1-2H3. The van der Waals surface area contributed by atoms with Crippen molar-refractivity contribution in [2.45, 2.75) is 38.4 Å². The molecule has 2 heterocycles. The van der Waals surface area contributed by atoms with Gasteiger partial charge in [0.25, 0.3) is 0 Å². The van der Waals surface area contributed by atoms with Gasteiger partial charge in [-0.15, -0.1) is 0 Å². The zero-order valence-electron chi connectivity index (χ0n) is 11.8. The Morgan fingerprint density at radius 3 is 3.05 bits per heavy atom. The first kappa shape index (κ1) is 14.0. The second kappa shape index (κ2) is 6.65. The summed E-state index contributed by atoms with van der Waals surface area (Å²) in [5, 5.41) is 8.99. The molecule has 4 nitrogen and oxygen atoms in total. The number of hydrogen-bond acceptors (Lipinski definition) is 4. The molecule has 0 radical (unpaired) electrons. The Bertz CT molecular complexity index is 426. The topological polar surface area (TPSA) is 43.2 Å². The molecule has 1 fully saturated rings. The fraction of sp³-hybridized carbons (Fsp3) is 0.600. The molecule has 1 aliphatic rings. The number of aromatic nitrogens is 1. The lowest BCUT2D eigenvalue weighted by Gasteiger charge is -2.30. The van der Waals surface area contributed by atoms with Crippen LogP contribution < -0.4 is 0 Å². The van der Waals surface area contributed by atoms with Gasteiger partial charge in [0.15, 0.2) is 0 Å². The van der Waals surface area contributed by atoms with E-state index >= 15 is 0 Å². The molecule has 102 valence electrons. The zero-order valence-corrected chi connectivity index (χ0v) is 11.8. The van der Waals surface area contributed by atoms with Gasteiger partial charge in [-0.3, -0.25) is 14.8 Å². The van der Waals surface area contributed by atoms with E-state index in [1.165, 1.54) is 5.56 Å². The molecular formula is C15H22N4. The fourth-order valence-electron chi connectivity index (χ4n) is 2.66. The van der Waals surface area contributed by atoms with E-state index in [4.69, 9.17) is 5.26 Å². The minimum atomic E-state index is 0.333. The van der Waals surface area contributed by atoms with Crippen LogP contribution in [0.3, 0.4) is 0 Å². The first-order valence-corrected chi connectivity index (χ1v) is 6.91. The van der Waals surface area contributed by atoms with Gasteiger partial charge >= 0.3 is 0 Å². The molecule has 0 spiro atoms. The molecule has 0 amide bonds. The normalized spacial score (nSPS) is 25.7. The van der Waals surface area contributed by atoms with E-state index < -0.39 is 0 Å².